The summed E-state index contributed by atoms with van der Waals surface area (Å²) in [5, 5.41) is 11.2. The smallest absolute Gasteiger partial charge is 0.295 e. The summed E-state index contributed by atoms with van der Waals surface area (Å²) in [5.41, 5.74) is 1.39. The molecule has 0 aliphatic carbocycles. The fraction of sp³-hybridized carbons (Fsp3) is 0.448. The van der Waals surface area contributed by atoms with Gasteiger partial charge in [-0.1, -0.05) is 54.8 Å². The highest BCUT2D eigenvalue weighted by molar-refractivity contribution is 9.10. The van der Waals surface area contributed by atoms with Crippen molar-refractivity contribution in [3.63, 3.8) is 0 Å². The van der Waals surface area contributed by atoms with Crippen molar-refractivity contribution >= 4 is 33.4 Å². The van der Waals surface area contributed by atoms with Crippen molar-refractivity contribution in [1.82, 2.24) is 9.80 Å². The van der Waals surface area contributed by atoms with Crippen molar-refractivity contribution in [2.45, 2.75) is 52.0 Å². The number of halogens is 1. The van der Waals surface area contributed by atoms with Gasteiger partial charge in [0.2, 0.25) is 0 Å². The van der Waals surface area contributed by atoms with Crippen LogP contribution in [-0.4, -0.2) is 59.9 Å². The lowest BCUT2D eigenvalue weighted by Gasteiger charge is -2.27. The first-order valence-corrected chi connectivity index (χ1v) is 13.6. The maximum absolute atomic E-state index is 13.2. The van der Waals surface area contributed by atoms with E-state index in [-0.39, 0.29) is 11.3 Å². The Morgan fingerprint density at radius 1 is 0.944 bits per heavy atom. The zero-order valence-corrected chi connectivity index (χ0v) is 23.1. The number of methoxy groups -OCH3 is 1. The van der Waals surface area contributed by atoms with Gasteiger partial charge in [0.15, 0.2) is 0 Å². The summed E-state index contributed by atoms with van der Waals surface area (Å²) < 4.78 is 6.11. The Labute approximate surface area is 223 Å². The molecule has 0 saturated carbocycles. The highest BCUT2D eigenvalue weighted by Crippen LogP contribution is 2.40. The summed E-state index contributed by atoms with van der Waals surface area (Å²) in [6.45, 7) is 7.79. The molecule has 1 aliphatic heterocycles. The normalized spacial score (nSPS) is 17.2. The van der Waals surface area contributed by atoms with Gasteiger partial charge >= 0.3 is 0 Å². The lowest BCUT2D eigenvalue weighted by atomic mass is 9.95. The molecule has 2 aromatic rings. The fourth-order valence-electron chi connectivity index (χ4n) is 4.57. The third-order valence-electron chi connectivity index (χ3n) is 6.62. The number of unbranched alkanes of at least 4 members (excludes halogenated alkanes) is 2. The van der Waals surface area contributed by atoms with Gasteiger partial charge in [0, 0.05) is 16.6 Å². The van der Waals surface area contributed by atoms with Crippen LogP contribution in [0.5, 0.6) is 5.75 Å². The molecule has 1 N–H and O–H groups in total. The molecule has 0 radical (unpaired) electrons. The van der Waals surface area contributed by atoms with Gasteiger partial charge in [0.1, 0.15) is 11.5 Å². The van der Waals surface area contributed by atoms with Crippen molar-refractivity contribution in [1.29, 1.82) is 0 Å². The largest absolute Gasteiger partial charge is 0.507 e. The number of carbonyl (C=O) groups excluding carboxylic acids is 2. The Kier molecular flexibility index (Phi) is 10.6. The van der Waals surface area contributed by atoms with Crippen LogP contribution in [0.25, 0.3) is 5.76 Å². The molecule has 194 valence electrons. The number of rotatable bonds is 13. The van der Waals surface area contributed by atoms with Gasteiger partial charge in [0.25, 0.3) is 11.7 Å². The molecular weight excluding hydrogens is 520 g/mol. The van der Waals surface area contributed by atoms with E-state index in [0.717, 1.165) is 61.8 Å². The van der Waals surface area contributed by atoms with Crippen LogP contribution in [-0.2, 0) is 9.59 Å². The first kappa shape index (κ1) is 27.9. The van der Waals surface area contributed by atoms with E-state index in [0.29, 0.717) is 17.9 Å². The molecule has 1 aliphatic rings. The van der Waals surface area contributed by atoms with Crippen LogP contribution in [0.1, 0.15) is 63.1 Å². The lowest BCUT2D eigenvalue weighted by molar-refractivity contribution is -0.140. The van der Waals surface area contributed by atoms with Crippen LogP contribution in [0.3, 0.4) is 0 Å². The van der Waals surface area contributed by atoms with E-state index in [4.69, 9.17) is 4.74 Å². The van der Waals surface area contributed by atoms with E-state index in [1.54, 1.807) is 36.3 Å². The zero-order chi connectivity index (χ0) is 26.1. The average Bonchev–Trinajstić information content (AvgIpc) is 3.15. The molecule has 1 heterocycles. The number of nitrogens with zero attached hydrogens (tertiary/aromatic N) is 2. The van der Waals surface area contributed by atoms with Crippen LogP contribution >= 0.6 is 15.9 Å². The first-order chi connectivity index (χ1) is 17.4. The predicted molar refractivity (Wildman–Crippen MR) is 147 cm³/mol. The first-order valence-electron chi connectivity index (χ1n) is 12.8. The molecule has 7 heteroatoms. The van der Waals surface area contributed by atoms with Crippen LogP contribution in [0, 0.1) is 0 Å². The molecule has 3 rings (SSSR count). The Morgan fingerprint density at radius 2 is 1.53 bits per heavy atom. The van der Waals surface area contributed by atoms with E-state index < -0.39 is 17.7 Å². The SMILES string of the molecule is CCCCN(CCCC)CCCN1C(=O)C(=O)/C(=C(\O)c2ccc(OC)cc2)C1c1ccc(Br)cc1. The molecular formula is C29H37BrN2O4. The summed E-state index contributed by atoms with van der Waals surface area (Å²) >= 11 is 3.46. The molecule has 6 nitrogen and oxygen atoms in total. The van der Waals surface area contributed by atoms with Gasteiger partial charge < -0.3 is 19.6 Å². The van der Waals surface area contributed by atoms with Gasteiger partial charge in [-0.3, -0.25) is 9.59 Å². The second-order valence-electron chi connectivity index (χ2n) is 9.17. The number of hydrogen-bond acceptors (Lipinski definition) is 5. The Balaban J connectivity index is 1.90. The quantitative estimate of drug-likeness (QED) is 0.181. The summed E-state index contributed by atoms with van der Waals surface area (Å²) in [4.78, 5) is 30.5. The second-order valence-corrected chi connectivity index (χ2v) is 10.1. The molecule has 2 aromatic carbocycles. The molecule has 1 unspecified atom stereocenters. The highest BCUT2D eigenvalue weighted by atomic mass is 79.9. The molecule has 36 heavy (non-hydrogen) atoms. The summed E-state index contributed by atoms with van der Waals surface area (Å²) in [6, 6.07) is 13.8. The molecule has 0 spiro atoms. The van der Waals surface area contributed by atoms with E-state index in [1.165, 1.54) is 0 Å². The van der Waals surface area contributed by atoms with E-state index in [2.05, 4.69) is 34.7 Å². The number of Topliss-reactive ketones (excluding diaryl/α,β-unsaturated/α-hetero) is 1. The summed E-state index contributed by atoms with van der Waals surface area (Å²) in [7, 11) is 1.57. The number of amides is 1. The van der Waals surface area contributed by atoms with E-state index >= 15 is 0 Å². The maximum Gasteiger partial charge on any atom is 0.295 e. The van der Waals surface area contributed by atoms with Crippen molar-refractivity contribution in [2.75, 3.05) is 33.3 Å². The molecule has 1 amide bonds. The van der Waals surface area contributed by atoms with Crippen molar-refractivity contribution in [2.24, 2.45) is 0 Å². The van der Waals surface area contributed by atoms with Crippen molar-refractivity contribution in [3.8, 4) is 5.75 Å². The predicted octanol–water partition coefficient (Wildman–Crippen LogP) is 6.17. The molecule has 1 atom stereocenters. The minimum atomic E-state index is -0.648. The average molecular weight is 558 g/mol. The number of ether oxygens (including phenoxy) is 1. The van der Waals surface area contributed by atoms with E-state index in [1.807, 2.05) is 24.3 Å². The Bertz CT molecular complexity index is 1040. The number of aliphatic hydroxyl groups is 1. The number of likely N-dealkylation sites (tertiary alicyclic amines) is 1. The highest BCUT2D eigenvalue weighted by Gasteiger charge is 2.45. The Hall–Kier alpha value is -2.64. The van der Waals surface area contributed by atoms with Crippen LogP contribution in [0.4, 0.5) is 0 Å². The molecule has 0 bridgehead atoms. The zero-order valence-electron chi connectivity index (χ0n) is 21.5. The minimum Gasteiger partial charge on any atom is -0.507 e. The summed E-state index contributed by atoms with van der Waals surface area (Å²) in [6.07, 6.45) is 5.35. The third kappa shape index (κ3) is 6.77. The lowest BCUT2D eigenvalue weighted by Crippen LogP contribution is -2.34. The van der Waals surface area contributed by atoms with Gasteiger partial charge in [-0.25, -0.2) is 0 Å². The maximum atomic E-state index is 13.2. The summed E-state index contributed by atoms with van der Waals surface area (Å²) in [5.74, 6) is -0.734. The van der Waals surface area contributed by atoms with Crippen LogP contribution in [0.15, 0.2) is 58.6 Å². The van der Waals surface area contributed by atoms with Gasteiger partial charge in [-0.2, -0.15) is 0 Å². The second kappa shape index (κ2) is 13.6. The molecule has 0 aromatic heterocycles. The van der Waals surface area contributed by atoms with Gasteiger partial charge in [0.05, 0.1) is 18.7 Å². The molecule has 1 fully saturated rings. The van der Waals surface area contributed by atoms with Crippen LogP contribution in [0.2, 0.25) is 0 Å². The number of ketones is 1. The number of carbonyl (C=O) groups is 2. The van der Waals surface area contributed by atoms with E-state index in [9.17, 15) is 14.7 Å². The van der Waals surface area contributed by atoms with Crippen LogP contribution < -0.4 is 4.74 Å². The van der Waals surface area contributed by atoms with Gasteiger partial charge in [-0.05, 0) is 80.9 Å². The molecule has 1 saturated heterocycles. The fourth-order valence-corrected chi connectivity index (χ4v) is 4.83. The Morgan fingerprint density at radius 3 is 2.08 bits per heavy atom. The minimum absolute atomic E-state index is 0.126. The third-order valence-corrected chi connectivity index (χ3v) is 7.15. The number of hydrogen-bond donors (Lipinski definition) is 1. The van der Waals surface area contributed by atoms with Crippen molar-refractivity contribution < 1.29 is 19.4 Å². The number of benzene rings is 2. The standard InChI is InChI=1S/C29H37BrN2O4/c1-4-6-17-31(18-7-5-2)19-8-20-32-26(21-9-13-23(30)14-10-21)25(28(34)29(32)35)27(33)22-11-15-24(36-3)16-12-22/h9-16,26,33H,4-8,17-20H2,1-3H3/b27-25-. The van der Waals surface area contributed by atoms with Gasteiger partial charge in [-0.15, -0.1) is 0 Å². The number of aliphatic hydroxyl groups excluding tert-OH is 1. The monoisotopic (exact) mass is 556 g/mol. The van der Waals surface area contributed by atoms with Crippen molar-refractivity contribution in [3.05, 3.63) is 69.7 Å². The topological polar surface area (TPSA) is 70.1 Å².